The molecule has 130 valence electrons. The van der Waals surface area contributed by atoms with E-state index in [9.17, 15) is 22.4 Å². The van der Waals surface area contributed by atoms with Crippen molar-refractivity contribution in [1.29, 1.82) is 0 Å². The molecule has 0 radical (unpaired) electrons. The van der Waals surface area contributed by atoms with E-state index in [1.807, 2.05) is 0 Å². The van der Waals surface area contributed by atoms with Crippen molar-refractivity contribution in [2.24, 2.45) is 0 Å². The second-order valence-electron chi connectivity index (χ2n) is 5.65. The normalized spacial score (nSPS) is 20.1. The van der Waals surface area contributed by atoms with Crippen LogP contribution in [0, 0.1) is 5.82 Å². The number of benzene rings is 2. The zero-order chi connectivity index (χ0) is 18.2. The van der Waals surface area contributed by atoms with Gasteiger partial charge in [-0.25, -0.2) is 17.6 Å². The topological polar surface area (TPSA) is 104 Å². The number of halogens is 1. The van der Waals surface area contributed by atoms with E-state index in [1.165, 1.54) is 43.3 Å². The van der Waals surface area contributed by atoms with Crippen molar-refractivity contribution in [3.63, 3.8) is 0 Å². The van der Waals surface area contributed by atoms with Gasteiger partial charge in [0.25, 0.3) is 15.9 Å². The number of urea groups is 1. The van der Waals surface area contributed by atoms with Crippen molar-refractivity contribution >= 4 is 27.6 Å². The standard InChI is InChI=1S/C16H14FN3O4S/c1-16(14(21)18-15(22)19-16)10-6-8-11(9-7-10)20-25(23,24)13-5-3-2-4-12(13)17/h2-9,20H,1H3,(H2,18,19,21,22)/t16-/m0/s1. The van der Waals surface area contributed by atoms with Gasteiger partial charge in [-0.2, -0.15) is 0 Å². The lowest BCUT2D eigenvalue weighted by Gasteiger charge is -2.21. The molecule has 0 unspecified atom stereocenters. The molecule has 1 aliphatic heterocycles. The number of hydrogen-bond acceptors (Lipinski definition) is 4. The molecule has 3 N–H and O–H groups in total. The number of anilines is 1. The summed E-state index contributed by atoms with van der Waals surface area (Å²) >= 11 is 0. The van der Waals surface area contributed by atoms with Gasteiger partial charge >= 0.3 is 6.03 Å². The van der Waals surface area contributed by atoms with Crippen LogP contribution in [0.2, 0.25) is 0 Å². The van der Waals surface area contributed by atoms with Crippen LogP contribution in [0.15, 0.2) is 53.4 Å². The van der Waals surface area contributed by atoms with Crippen molar-refractivity contribution in [3.8, 4) is 0 Å². The van der Waals surface area contributed by atoms with Crippen molar-refractivity contribution in [2.75, 3.05) is 4.72 Å². The molecule has 0 aromatic heterocycles. The summed E-state index contributed by atoms with van der Waals surface area (Å²) in [5.41, 5.74) is -0.565. The maximum Gasteiger partial charge on any atom is 0.322 e. The molecule has 1 atom stereocenters. The molecule has 2 aromatic rings. The molecule has 3 amide bonds. The minimum absolute atomic E-state index is 0.195. The summed E-state index contributed by atoms with van der Waals surface area (Å²) in [6.07, 6.45) is 0. The molecule has 1 aliphatic rings. The number of rotatable bonds is 4. The molecule has 1 fully saturated rings. The summed E-state index contributed by atoms with van der Waals surface area (Å²) in [5.74, 6) is -1.36. The molecular weight excluding hydrogens is 349 g/mol. The van der Waals surface area contributed by atoms with Crippen molar-refractivity contribution < 1.29 is 22.4 Å². The van der Waals surface area contributed by atoms with Gasteiger partial charge in [-0.3, -0.25) is 14.8 Å². The summed E-state index contributed by atoms with van der Waals surface area (Å²) in [4.78, 5) is 22.7. The van der Waals surface area contributed by atoms with Gasteiger partial charge in [-0.15, -0.1) is 0 Å². The summed E-state index contributed by atoms with van der Waals surface area (Å²) in [6.45, 7) is 1.53. The van der Waals surface area contributed by atoms with Crippen LogP contribution >= 0.6 is 0 Å². The van der Waals surface area contributed by atoms with Gasteiger partial charge < -0.3 is 5.32 Å². The third-order valence-electron chi connectivity index (χ3n) is 3.89. The lowest BCUT2D eigenvalue weighted by molar-refractivity contribution is -0.123. The molecule has 0 aliphatic carbocycles. The van der Waals surface area contributed by atoms with Crippen LogP contribution in [0.25, 0.3) is 0 Å². The average Bonchev–Trinajstić information content (AvgIpc) is 2.81. The van der Waals surface area contributed by atoms with E-state index in [4.69, 9.17) is 0 Å². The fourth-order valence-electron chi connectivity index (χ4n) is 2.49. The van der Waals surface area contributed by atoms with Gasteiger partial charge in [0, 0.05) is 5.69 Å². The van der Waals surface area contributed by atoms with Crippen LogP contribution in [0.4, 0.5) is 14.9 Å². The summed E-state index contributed by atoms with van der Waals surface area (Å²) in [7, 11) is -4.08. The zero-order valence-electron chi connectivity index (χ0n) is 13.0. The quantitative estimate of drug-likeness (QED) is 0.719. The highest BCUT2D eigenvalue weighted by atomic mass is 32.2. The lowest BCUT2D eigenvalue weighted by Crippen LogP contribution is -2.40. The number of amides is 3. The molecule has 25 heavy (non-hydrogen) atoms. The van der Waals surface area contributed by atoms with E-state index >= 15 is 0 Å². The highest BCUT2D eigenvalue weighted by Crippen LogP contribution is 2.26. The molecule has 2 aromatic carbocycles. The van der Waals surface area contributed by atoms with Crippen molar-refractivity contribution in [2.45, 2.75) is 17.4 Å². The van der Waals surface area contributed by atoms with Gasteiger partial charge in [0.1, 0.15) is 16.3 Å². The molecule has 0 spiro atoms. The molecule has 1 saturated heterocycles. The van der Waals surface area contributed by atoms with E-state index in [0.717, 1.165) is 12.1 Å². The van der Waals surface area contributed by atoms with Crippen LogP contribution in [0.3, 0.4) is 0 Å². The van der Waals surface area contributed by atoms with Crippen molar-refractivity contribution in [1.82, 2.24) is 10.6 Å². The minimum Gasteiger partial charge on any atom is -0.320 e. The first kappa shape index (κ1) is 16.9. The monoisotopic (exact) mass is 363 g/mol. The van der Waals surface area contributed by atoms with Crippen LogP contribution < -0.4 is 15.4 Å². The van der Waals surface area contributed by atoms with Gasteiger partial charge in [-0.1, -0.05) is 24.3 Å². The summed E-state index contributed by atoms with van der Waals surface area (Å²) < 4.78 is 40.5. The highest BCUT2D eigenvalue weighted by Gasteiger charge is 2.43. The second kappa shape index (κ2) is 5.85. The Hall–Kier alpha value is -2.94. The summed E-state index contributed by atoms with van der Waals surface area (Å²) in [5, 5.41) is 4.65. The smallest absolute Gasteiger partial charge is 0.320 e. The molecular formula is C16H14FN3O4S. The molecule has 0 bridgehead atoms. The lowest BCUT2D eigenvalue weighted by atomic mass is 9.92. The number of imide groups is 1. The predicted octanol–water partition coefficient (Wildman–Crippen LogP) is 1.68. The molecule has 0 saturated carbocycles. The third-order valence-corrected chi connectivity index (χ3v) is 5.30. The van der Waals surface area contributed by atoms with E-state index in [-0.39, 0.29) is 5.69 Å². The Kier molecular flexibility index (Phi) is 3.96. The fourth-order valence-corrected chi connectivity index (χ4v) is 3.63. The Morgan fingerprint density at radius 1 is 1.04 bits per heavy atom. The van der Waals surface area contributed by atoms with Crippen LogP contribution in [-0.2, 0) is 20.4 Å². The number of carbonyl (C=O) groups is 2. The third kappa shape index (κ3) is 3.05. The van der Waals surface area contributed by atoms with Gasteiger partial charge in [-0.05, 0) is 36.8 Å². The number of sulfonamides is 1. The second-order valence-corrected chi connectivity index (χ2v) is 7.30. The van der Waals surface area contributed by atoms with Crippen LogP contribution in [0.5, 0.6) is 0 Å². The van der Waals surface area contributed by atoms with Crippen molar-refractivity contribution in [3.05, 3.63) is 59.9 Å². The maximum atomic E-state index is 13.7. The Labute approximate surface area is 143 Å². The molecule has 3 rings (SSSR count). The van der Waals surface area contributed by atoms with Gasteiger partial charge in [0.15, 0.2) is 0 Å². The largest absolute Gasteiger partial charge is 0.322 e. The molecule has 9 heteroatoms. The first-order chi connectivity index (χ1) is 11.7. The first-order valence-corrected chi connectivity index (χ1v) is 8.72. The SMILES string of the molecule is C[C@@]1(c2ccc(NS(=O)(=O)c3ccccc3F)cc2)NC(=O)NC1=O. The van der Waals surface area contributed by atoms with Gasteiger partial charge in [0.2, 0.25) is 0 Å². The predicted molar refractivity (Wildman–Crippen MR) is 87.7 cm³/mol. The minimum atomic E-state index is -4.08. The number of carbonyl (C=O) groups excluding carboxylic acids is 2. The fraction of sp³-hybridized carbons (Fsp3) is 0.125. The van der Waals surface area contributed by atoms with E-state index < -0.39 is 38.2 Å². The Balaban J connectivity index is 1.85. The van der Waals surface area contributed by atoms with Crippen LogP contribution in [0.1, 0.15) is 12.5 Å². The summed E-state index contributed by atoms with van der Waals surface area (Å²) in [6, 6.07) is 10.3. The van der Waals surface area contributed by atoms with E-state index in [2.05, 4.69) is 15.4 Å². The first-order valence-electron chi connectivity index (χ1n) is 7.24. The number of hydrogen-bond donors (Lipinski definition) is 3. The van der Waals surface area contributed by atoms with E-state index in [0.29, 0.717) is 5.56 Å². The molecule has 7 nitrogen and oxygen atoms in total. The number of nitrogens with one attached hydrogen (secondary N) is 3. The average molecular weight is 363 g/mol. The Bertz CT molecular complexity index is 960. The maximum absolute atomic E-state index is 13.7. The molecule has 1 heterocycles. The van der Waals surface area contributed by atoms with Gasteiger partial charge in [0.05, 0.1) is 0 Å². The zero-order valence-corrected chi connectivity index (χ0v) is 13.9. The van der Waals surface area contributed by atoms with Crippen LogP contribution in [-0.4, -0.2) is 20.4 Å². The van der Waals surface area contributed by atoms with E-state index in [1.54, 1.807) is 0 Å². The highest BCUT2D eigenvalue weighted by molar-refractivity contribution is 7.92. The Morgan fingerprint density at radius 2 is 1.68 bits per heavy atom. The Morgan fingerprint density at radius 3 is 2.24 bits per heavy atom.